The number of halogens is 1. The molecule has 0 spiro atoms. The molecule has 1 aliphatic rings. The second-order valence-corrected chi connectivity index (χ2v) is 6.78. The van der Waals surface area contributed by atoms with Gasteiger partial charge in [-0.25, -0.2) is 9.36 Å². The van der Waals surface area contributed by atoms with E-state index in [0.29, 0.717) is 17.5 Å². The zero-order valence-corrected chi connectivity index (χ0v) is 14.9. The van der Waals surface area contributed by atoms with E-state index < -0.39 is 10.7 Å². The minimum atomic E-state index is -0.964. The van der Waals surface area contributed by atoms with E-state index in [9.17, 15) is 4.79 Å². The lowest BCUT2D eigenvalue weighted by molar-refractivity contribution is 0.0642. The quantitative estimate of drug-likeness (QED) is 0.743. The van der Waals surface area contributed by atoms with Gasteiger partial charge in [-0.15, -0.1) is 0 Å². The van der Waals surface area contributed by atoms with Crippen LogP contribution in [-0.4, -0.2) is 16.3 Å². The second-order valence-electron chi connectivity index (χ2n) is 5.30. The molecular formula is C17H17ClN2O3S. The largest absolute Gasteiger partial charge is 0.446 e. The van der Waals surface area contributed by atoms with Crippen molar-refractivity contribution in [3.05, 3.63) is 68.8 Å². The molecule has 0 radical (unpaired) electrons. The van der Waals surface area contributed by atoms with Crippen LogP contribution in [0.15, 0.2) is 51.1 Å². The number of hydrogen-bond acceptors (Lipinski definition) is 5. The molecular weight excluding hydrogens is 348 g/mol. The van der Waals surface area contributed by atoms with Crippen molar-refractivity contribution in [2.75, 3.05) is 6.61 Å². The van der Waals surface area contributed by atoms with Crippen LogP contribution in [-0.2, 0) is 9.67 Å². The third kappa shape index (κ3) is 2.97. The van der Waals surface area contributed by atoms with E-state index in [4.69, 9.17) is 20.9 Å². The molecule has 0 amide bonds. The van der Waals surface area contributed by atoms with Gasteiger partial charge in [-0.3, -0.25) is 4.52 Å². The Labute approximate surface area is 148 Å². The van der Waals surface area contributed by atoms with Gasteiger partial charge in [-0.2, -0.15) is 0 Å². The summed E-state index contributed by atoms with van der Waals surface area (Å²) in [5.74, 6) is -0.102. The molecule has 0 unspecified atom stereocenters. The molecule has 7 heteroatoms. The Hall–Kier alpha value is -1.76. The molecule has 2 aromatic rings. The van der Waals surface area contributed by atoms with Gasteiger partial charge < -0.3 is 4.74 Å². The molecule has 1 atom stereocenters. The minimum absolute atomic E-state index is 0.386. The van der Waals surface area contributed by atoms with Crippen molar-refractivity contribution >= 4 is 29.1 Å². The number of nitrogens with zero attached hydrogens (tertiary/aromatic N) is 2. The van der Waals surface area contributed by atoms with Crippen LogP contribution in [0.25, 0.3) is 5.70 Å². The van der Waals surface area contributed by atoms with E-state index in [2.05, 4.69) is 12.1 Å². The zero-order valence-electron chi connectivity index (χ0n) is 13.4. The molecule has 0 N–H and O–H groups in total. The first kappa shape index (κ1) is 17.1. The minimum Gasteiger partial charge on any atom is -0.348 e. The Morgan fingerprint density at radius 1 is 1.38 bits per heavy atom. The highest BCUT2D eigenvalue weighted by atomic mass is 35.5. The van der Waals surface area contributed by atoms with Crippen molar-refractivity contribution < 1.29 is 9.26 Å². The summed E-state index contributed by atoms with van der Waals surface area (Å²) in [5, 5.41) is 6.50. The second kappa shape index (κ2) is 7.01. The van der Waals surface area contributed by atoms with Crippen LogP contribution >= 0.6 is 23.4 Å². The molecule has 1 aromatic heterocycles. The first-order valence-electron chi connectivity index (χ1n) is 7.57. The Morgan fingerprint density at radius 3 is 2.83 bits per heavy atom. The highest BCUT2D eigenvalue weighted by Gasteiger charge is 2.44. The number of aromatic nitrogens is 2. The molecule has 0 saturated heterocycles. The third-order valence-electron chi connectivity index (χ3n) is 3.66. The third-order valence-corrected chi connectivity index (χ3v) is 5.24. The van der Waals surface area contributed by atoms with E-state index in [1.165, 1.54) is 16.3 Å². The van der Waals surface area contributed by atoms with E-state index in [-0.39, 0.29) is 0 Å². The average Bonchev–Trinajstić information content (AvgIpc) is 2.98. The van der Waals surface area contributed by atoms with Crippen molar-refractivity contribution in [2.24, 2.45) is 0 Å². The summed E-state index contributed by atoms with van der Waals surface area (Å²) in [4.78, 5) is 11.1. The fraction of sp³-hybridized carbons (Fsp3) is 0.294. The van der Waals surface area contributed by atoms with Crippen molar-refractivity contribution in [2.45, 2.75) is 25.2 Å². The lowest BCUT2D eigenvalue weighted by Crippen LogP contribution is -2.35. The Balaban J connectivity index is 2.11. The van der Waals surface area contributed by atoms with Gasteiger partial charge in [0.1, 0.15) is 0 Å². The lowest BCUT2D eigenvalue weighted by Gasteiger charge is -2.33. The summed E-state index contributed by atoms with van der Waals surface area (Å²) >= 11 is 7.46. The molecule has 2 heterocycles. The summed E-state index contributed by atoms with van der Waals surface area (Å²) in [6.45, 7) is 4.28. The summed E-state index contributed by atoms with van der Waals surface area (Å²) in [5.41, 5.74) is 1.59. The van der Waals surface area contributed by atoms with Crippen LogP contribution in [0.2, 0.25) is 5.02 Å². The molecule has 24 heavy (non-hydrogen) atoms. The number of benzene rings is 1. The topological polar surface area (TPSA) is 57.3 Å². The predicted octanol–water partition coefficient (Wildman–Crippen LogP) is 4.24. The van der Waals surface area contributed by atoms with Crippen molar-refractivity contribution in [3.63, 3.8) is 0 Å². The molecule has 1 aromatic carbocycles. The van der Waals surface area contributed by atoms with E-state index in [1.54, 1.807) is 12.1 Å². The number of allylic oxidation sites excluding steroid dienone is 2. The number of rotatable bonds is 5. The van der Waals surface area contributed by atoms with E-state index in [0.717, 1.165) is 17.7 Å². The van der Waals surface area contributed by atoms with Gasteiger partial charge in [-0.05, 0) is 30.9 Å². The highest BCUT2D eigenvalue weighted by Crippen LogP contribution is 2.47. The molecule has 0 fully saturated rings. The highest BCUT2D eigenvalue weighted by molar-refractivity contribution is 8.03. The maximum absolute atomic E-state index is 12.0. The molecule has 0 bridgehead atoms. The summed E-state index contributed by atoms with van der Waals surface area (Å²) < 4.78 is 12.5. The van der Waals surface area contributed by atoms with Gasteiger partial charge in [0.25, 0.3) is 0 Å². The number of fused-ring (bicyclic) bond motifs is 1. The van der Waals surface area contributed by atoms with Crippen LogP contribution in [0.5, 0.6) is 0 Å². The fourth-order valence-corrected chi connectivity index (χ4v) is 3.70. The van der Waals surface area contributed by atoms with Gasteiger partial charge >= 0.3 is 5.76 Å². The Bertz CT molecular complexity index is 838. The maximum atomic E-state index is 12.0. The normalized spacial score (nSPS) is 20.2. The monoisotopic (exact) mass is 364 g/mol. The van der Waals surface area contributed by atoms with Gasteiger partial charge in [0, 0.05) is 16.3 Å². The Kier molecular flexibility index (Phi) is 4.99. The average molecular weight is 365 g/mol. The van der Waals surface area contributed by atoms with Crippen molar-refractivity contribution in [1.29, 1.82) is 0 Å². The molecule has 3 rings (SSSR count). The number of thioether (sulfide) groups is 1. The van der Waals surface area contributed by atoms with Crippen LogP contribution in [0.1, 0.15) is 31.7 Å². The molecule has 5 nitrogen and oxygen atoms in total. The van der Waals surface area contributed by atoms with Gasteiger partial charge in [-0.1, -0.05) is 59.7 Å². The number of ether oxygens (including phenoxy) is 1. The van der Waals surface area contributed by atoms with Gasteiger partial charge in [0.2, 0.25) is 10.8 Å². The lowest BCUT2D eigenvalue weighted by atomic mass is 10.1. The molecule has 1 aliphatic heterocycles. The van der Waals surface area contributed by atoms with Crippen molar-refractivity contribution in [3.8, 4) is 0 Å². The summed E-state index contributed by atoms with van der Waals surface area (Å²) in [6.07, 6.45) is 4.91. The zero-order chi connectivity index (χ0) is 17.2. The van der Waals surface area contributed by atoms with E-state index >= 15 is 0 Å². The van der Waals surface area contributed by atoms with Crippen LogP contribution in [0.4, 0.5) is 0 Å². The van der Waals surface area contributed by atoms with Crippen LogP contribution < -0.4 is 5.76 Å². The molecule has 0 saturated carbocycles. The van der Waals surface area contributed by atoms with Gasteiger partial charge in [0.05, 0.1) is 6.61 Å². The summed E-state index contributed by atoms with van der Waals surface area (Å²) in [7, 11) is 0. The first-order valence-corrected chi connectivity index (χ1v) is 8.83. The van der Waals surface area contributed by atoms with Crippen LogP contribution in [0.3, 0.4) is 0 Å². The SMILES string of the molecule is CC/C=C\CO[C@]1(c2ccc(Cl)cc2)SC=C(C)n2c1noc2=O. The smallest absolute Gasteiger partial charge is 0.348 e. The van der Waals surface area contributed by atoms with Gasteiger partial charge in [0.15, 0.2) is 0 Å². The fourth-order valence-electron chi connectivity index (χ4n) is 2.49. The summed E-state index contributed by atoms with van der Waals surface area (Å²) in [6, 6.07) is 7.32. The van der Waals surface area contributed by atoms with E-state index in [1.807, 2.05) is 36.6 Å². The van der Waals surface area contributed by atoms with Crippen molar-refractivity contribution in [1.82, 2.24) is 9.72 Å². The Morgan fingerprint density at radius 2 is 2.12 bits per heavy atom. The first-order chi connectivity index (χ1) is 11.6. The maximum Gasteiger partial charge on any atom is 0.446 e. The standard InChI is InChI=1S/C17H17ClN2O3S/c1-3-4-5-10-22-17(13-6-8-14(18)9-7-13)15-19-23-16(21)20(15)12(2)11-24-17/h4-9,11H,3,10H2,1-2H3/b5-4-/t17-/m1/s1. The number of hydrogen-bond donors (Lipinski definition) is 0. The van der Waals surface area contributed by atoms with Crippen LogP contribution in [0, 0.1) is 0 Å². The predicted molar refractivity (Wildman–Crippen MR) is 95.9 cm³/mol. The molecule has 0 aliphatic carbocycles. The molecule has 126 valence electrons.